The second-order valence-corrected chi connectivity index (χ2v) is 8.87. The molecule has 1 fully saturated rings. The van der Waals surface area contributed by atoms with E-state index in [1.165, 1.54) is 31.2 Å². The monoisotopic (exact) mass is 480 g/mol. The van der Waals surface area contributed by atoms with Gasteiger partial charge in [-0.15, -0.1) is 0 Å². The number of aliphatic hydroxyl groups excluding tert-OH is 2. The predicted molar refractivity (Wildman–Crippen MR) is 114 cm³/mol. The second kappa shape index (κ2) is 9.03. The molecule has 1 aliphatic carbocycles. The summed E-state index contributed by atoms with van der Waals surface area (Å²) < 4.78 is 63.7. The molecule has 0 radical (unpaired) electrons. The van der Waals surface area contributed by atoms with E-state index < -0.39 is 58.9 Å². The Kier molecular flexibility index (Phi) is 6.44. The number of carboxylic acid groups (broad SMARTS) is 1. The lowest BCUT2D eigenvalue weighted by molar-refractivity contribution is -0.0936. The van der Waals surface area contributed by atoms with E-state index in [4.69, 9.17) is 9.84 Å². The van der Waals surface area contributed by atoms with Crippen LogP contribution in [0.15, 0.2) is 42.5 Å². The van der Waals surface area contributed by atoms with Crippen LogP contribution in [-0.4, -0.2) is 39.6 Å². The zero-order chi connectivity index (χ0) is 24.8. The fourth-order valence-corrected chi connectivity index (χ4v) is 4.91. The van der Waals surface area contributed by atoms with E-state index in [0.717, 1.165) is 12.1 Å². The van der Waals surface area contributed by atoms with Crippen molar-refractivity contribution in [2.75, 3.05) is 0 Å². The van der Waals surface area contributed by atoms with Crippen molar-refractivity contribution in [1.29, 1.82) is 0 Å². The van der Waals surface area contributed by atoms with Crippen LogP contribution in [0.5, 0.6) is 5.75 Å². The van der Waals surface area contributed by atoms with Gasteiger partial charge >= 0.3 is 11.9 Å². The van der Waals surface area contributed by atoms with Crippen molar-refractivity contribution in [3.8, 4) is 5.75 Å². The van der Waals surface area contributed by atoms with Crippen molar-refractivity contribution in [3.05, 3.63) is 76.4 Å². The van der Waals surface area contributed by atoms with Gasteiger partial charge in [-0.05, 0) is 49.1 Å². The van der Waals surface area contributed by atoms with Crippen molar-refractivity contribution in [1.82, 2.24) is 0 Å². The maximum atomic E-state index is 14.8. The van der Waals surface area contributed by atoms with Gasteiger partial charge in [0.2, 0.25) is 0 Å². The average Bonchev–Trinajstić information content (AvgIpc) is 2.94. The number of carbonyl (C=O) groups is 1. The third-order valence-electron chi connectivity index (χ3n) is 6.76. The van der Waals surface area contributed by atoms with Crippen LogP contribution >= 0.6 is 0 Å². The molecular formula is C25H24F4O5. The number of aromatic carboxylic acids is 1. The number of halogens is 4. The first kappa shape index (κ1) is 24.2. The average molecular weight is 480 g/mol. The third-order valence-corrected chi connectivity index (χ3v) is 6.76. The lowest BCUT2D eigenvalue weighted by Crippen LogP contribution is -2.31. The van der Waals surface area contributed by atoms with E-state index in [2.05, 4.69) is 0 Å². The lowest BCUT2D eigenvalue weighted by Gasteiger charge is -2.24. The van der Waals surface area contributed by atoms with Gasteiger partial charge in [0.15, 0.2) is 11.6 Å². The van der Waals surface area contributed by atoms with Gasteiger partial charge in [-0.3, -0.25) is 0 Å². The molecular weight excluding hydrogens is 456 g/mol. The summed E-state index contributed by atoms with van der Waals surface area (Å²) in [4.78, 5) is 11.2. The SMILES string of the molecule is Cc1ccc(F)cc1C(F)(F)C(O)/C=C/[C@@H]1[C@H]2CCc3ccc(C(=O)O)c(F)c3O[C@H]2C[C@H]1O. The van der Waals surface area contributed by atoms with Crippen LogP contribution in [0.2, 0.25) is 0 Å². The fraction of sp³-hybridized carbons (Fsp3) is 0.400. The highest BCUT2D eigenvalue weighted by atomic mass is 19.3. The van der Waals surface area contributed by atoms with Crippen LogP contribution in [0, 0.1) is 30.4 Å². The van der Waals surface area contributed by atoms with Crippen LogP contribution in [0.3, 0.4) is 0 Å². The molecule has 1 saturated carbocycles. The zero-order valence-electron chi connectivity index (χ0n) is 18.2. The van der Waals surface area contributed by atoms with E-state index in [0.29, 0.717) is 24.5 Å². The predicted octanol–water partition coefficient (Wildman–Crippen LogP) is 4.37. The molecule has 34 heavy (non-hydrogen) atoms. The molecule has 4 rings (SSSR count). The number of ether oxygens (including phenoxy) is 1. The number of aliphatic hydroxyl groups is 2. The third kappa shape index (κ3) is 4.30. The zero-order valence-corrected chi connectivity index (χ0v) is 18.2. The summed E-state index contributed by atoms with van der Waals surface area (Å²) in [7, 11) is 0. The molecule has 0 bridgehead atoms. The summed E-state index contributed by atoms with van der Waals surface area (Å²) in [5, 5.41) is 29.9. The smallest absolute Gasteiger partial charge is 0.338 e. The standard InChI is InChI=1S/C25H24F4O5/c1-12-2-5-14(26)10-18(12)25(28,29)21(31)9-8-15-16-6-3-13-4-7-17(24(32)33)22(27)23(13)34-20(16)11-19(15)30/h2,4-5,7-10,15-16,19-21,30-31H,3,6,11H2,1H3,(H,32,33)/b9-8+/t15-,16-,19-,20+,21?/m1/s1. The molecule has 0 aromatic heterocycles. The lowest BCUT2D eigenvalue weighted by atomic mass is 9.87. The first-order valence-electron chi connectivity index (χ1n) is 10.9. The highest BCUT2D eigenvalue weighted by Crippen LogP contribution is 2.44. The minimum atomic E-state index is -3.77. The van der Waals surface area contributed by atoms with Gasteiger partial charge in [0.25, 0.3) is 0 Å². The minimum Gasteiger partial charge on any atom is -0.487 e. The molecule has 2 aliphatic rings. The quantitative estimate of drug-likeness (QED) is 0.437. The second-order valence-electron chi connectivity index (χ2n) is 8.87. The minimum absolute atomic E-state index is 0.0886. The van der Waals surface area contributed by atoms with Gasteiger partial charge in [-0.1, -0.05) is 24.3 Å². The van der Waals surface area contributed by atoms with Gasteiger partial charge in [0.1, 0.15) is 18.0 Å². The Labute approximate surface area is 193 Å². The van der Waals surface area contributed by atoms with Crippen molar-refractivity contribution in [3.63, 3.8) is 0 Å². The van der Waals surface area contributed by atoms with Gasteiger partial charge in [-0.2, -0.15) is 8.78 Å². The number of benzene rings is 2. The molecule has 2 aromatic rings. The molecule has 3 N–H and O–H groups in total. The Morgan fingerprint density at radius 3 is 2.68 bits per heavy atom. The molecule has 0 saturated heterocycles. The van der Waals surface area contributed by atoms with Gasteiger partial charge in [0, 0.05) is 23.8 Å². The summed E-state index contributed by atoms with van der Waals surface area (Å²) in [5.41, 5.74) is -0.544. The van der Waals surface area contributed by atoms with Gasteiger partial charge in [0.05, 0.1) is 11.7 Å². The number of alkyl halides is 2. The molecule has 1 unspecified atom stereocenters. The van der Waals surface area contributed by atoms with Crippen molar-refractivity contribution in [2.45, 2.75) is 50.4 Å². The molecule has 2 aromatic carbocycles. The maximum absolute atomic E-state index is 14.8. The molecule has 9 heteroatoms. The van der Waals surface area contributed by atoms with Crippen LogP contribution in [-0.2, 0) is 12.3 Å². The molecule has 0 amide bonds. The largest absolute Gasteiger partial charge is 0.487 e. The highest BCUT2D eigenvalue weighted by molar-refractivity contribution is 5.88. The number of hydrogen-bond donors (Lipinski definition) is 3. The molecule has 182 valence electrons. The van der Waals surface area contributed by atoms with Crippen LogP contribution in [0.4, 0.5) is 17.6 Å². The summed E-state index contributed by atoms with van der Waals surface area (Å²) in [6.45, 7) is 1.39. The Morgan fingerprint density at radius 1 is 1.24 bits per heavy atom. The fourth-order valence-electron chi connectivity index (χ4n) is 4.91. The first-order valence-corrected chi connectivity index (χ1v) is 10.9. The number of carboxylic acids is 1. The van der Waals surface area contributed by atoms with E-state index >= 15 is 0 Å². The van der Waals surface area contributed by atoms with Crippen molar-refractivity contribution >= 4 is 5.97 Å². The van der Waals surface area contributed by atoms with Gasteiger partial charge in [-0.25, -0.2) is 13.6 Å². The summed E-state index contributed by atoms with van der Waals surface area (Å²) in [6, 6.07) is 5.59. The van der Waals surface area contributed by atoms with Crippen LogP contribution in [0.1, 0.15) is 39.9 Å². The molecule has 0 spiro atoms. The molecule has 5 nitrogen and oxygen atoms in total. The Balaban J connectivity index is 1.55. The van der Waals surface area contributed by atoms with E-state index in [9.17, 15) is 32.6 Å². The Morgan fingerprint density at radius 2 is 1.97 bits per heavy atom. The normalized spacial score (nSPS) is 25.4. The maximum Gasteiger partial charge on any atom is 0.338 e. The topological polar surface area (TPSA) is 87.0 Å². The number of fused-ring (bicyclic) bond motifs is 2. The first-order chi connectivity index (χ1) is 16.0. The molecule has 1 heterocycles. The van der Waals surface area contributed by atoms with E-state index in [-0.39, 0.29) is 23.7 Å². The Hall–Kier alpha value is -2.91. The number of rotatable bonds is 5. The van der Waals surface area contributed by atoms with Crippen molar-refractivity contribution in [2.24, 2.45) is 11.8 Å². The van der Waals surface area contributed by atoms with Crippen LogP contribution in [0.25, 0.3) is 0 Å². The summed E-state index contributed by atoms with van der Waals surface area (Å²) >= 11 is 0. The summed E-state index contributed by atoms with van der Waals surface area (Å²) in [6.07, 6.45) is -0.855. The van der Waals surface area contributed by atoms with Crippen LogP contribution < -0.4 is 4.74 Å². The van der Waals surface area contributed by atoms with E-state index in [1.54, 1.807) is 0 Å². The molecule has 1 aliphatic heterocycles. The van der Waals surface area contributed by atoms with E-state index in [1.807, 2.05) is 0 Å². The summed E-state index contributed by atoms with van der Waals surface area (Å²) in [5.74, 6) is -8.22. The van der Waals surface area contributed by atoms with Gasteiger partial charge < -0.3 is 20.1 Å². The highest BCUT2D eigenvalue weighted by Gasteiger charge is 2.46. The number of aryl methyl sites for hydroxylation is 2. The Bertz CT molecular complexity index is 1130. The molecule has 5 atom stereocenters. The van der Waals surface area contributed by atoms with Crippen molar-refractivity contribution < 1.29 is 42.4 Å². The number of hydrogen-bond acceptors (Lipinski definition) is 4.